The molecule has 0 unspecified atom stereocenters. The Morgan fingerprint density at radius 3 is 2.71 bits per heavy atom. The number of pyridine rings is 1. The van der Waals surface area contributed by atoms with Crippen molar-refractivity contribution in [3.63, 3.8) is 0 Å². The van der Waals surface area contributed by atoms with Gasteiger partial charge in [0.15, 0.2) is 0 Å². The van der Waals surface area contributed by atoms with Gasteiger partial charge in [-0.2, -0.15) is 0 Å². The number of aromatic nitrogens is 1. The van der Waals surface area contributed by atoms with Crippen molar-refractivity contribution < 1.29 is 9.21 Å². The van der Waals surface area contributed by atoms with Crippen molar-refractivity contribution in [1.29, 1.82) is 0 Å². The van der Waals surface area contributed by atoms with Crippen molar-refractivity contribution >= 4 is 22.5 Å². The quantitative estimate of drug-likeness (QED) is 0.758. The van der Waals surface area contributed by atoms with E-state index in [-0.39, 0.29) is 11.5 Å². The summed E-state index contributed by atoms with van der Waals surface area (Å²) in [6.07, 6.45) is 2.81. The van der Waals surface area contributed by atoms with Crippen LogP contribution >= 0.6 is 0 Å². The van der Waals surface area contributed by atoms with Crippen LogP contribution in [0.1, 0.15) is 39.4 Å². The minimum absolute atomic E-state index is 0.0141. The number of hydrogen-bond acceptors (Lipinski definition) is 3. The van der Waals surface area contributed by atoms with Crippen molar-refractivity contribution in [2.45, 2.75) is 33.1 Å². The summed E-state index contributed by atoms with van der Waals surface area (Å²) >= 11 is 0. The Labute approximate surface area is 138 Å². The fourth-order valence-corrected chi connectivity index (χ4v) is 3.53. The second-order valence-corrected chi connectivity index (χ2v) is 6.31. The molecule has 1 amide bonds. The largest absolute Gasteiger partial charge is 0.466 e. The molecule has 2 aromatic heterocycles. The van der Waals surface area contributed by atoms with E-state index in [9.17, 15) is 9.59 Å². The Bertz CT molecular complexity index is 1030. The smallest absolute Gasteiger partial charge is 0.259 e. The standard InChI is InChI=1S/C19H18N2O3/c1-10-8-16(11(2)24-10)19(23)20-12-6-7-14-13-4-3-5-15(13)18(22)21-17(14)9-12/h6-9H,3-5H2,1-2H3,(H,20,23)(H,21,22). The zero-order valence-electron chi connectivity index (χ0n) is 13.7. The summed E-state index contributed by atoms with van der Waals surface area (Å²) < 4.78 is 5.40. The number of carbonyl (C=O) groups excluding carboxylic acids is 1. The number of H-pyrrole nitrogens is 1. The molecule has 1 aliphatic rings. The highest BCUT2D eigenvalue weighted by molar-refractivity contribution is 6.05. The van der Waals surface area contributed by atoms with E-state index in [1.807, 2.05) is 25.1 Å². The summed E-state index contributed by atoms with van der Waals surface area (Å²) in [7, 11) is 0. The number of amides is 1. The minimum atomic E-state index is -0.216. The maximum Gasteiger partial charge on any atom is 0.259 e. The van der Waals surface area contributed by atoms with Crippen molar-refractivity contribution in [1.82, 2.24) is 4.98 Å². The first-order valence-corrected chi connectivity index (χ1v) is 8.09. The summed E-state index contributed by atoms with van der Waals surface area (Å²) in [6.45, 7) is 3.58. The van der Waals surface area contributed by atoms with Crippen molar-refractivity contribution in [3.05, 3.63) is 62.8 Å². The number of nitrogens with one attached hydrogen (secondary N) is 2. The van der Waals surface area contributed by atoms with E-state index in [0.29, 0.717) is 22.8 Å². The lowest BCUT2D eigenvalue weighted by molar-refractivity contribution is 0.102. The van der Waals surface area contributed by atoms with Gasteiger partial charge in [0, 0.05) is 16.6 Å². The van der Waals surface area contributed by atoms with Crippen molar-refractivity contribution in [2.24, 2.45) is 0 Å². The van der Waals surface area contributed by atoms with E-state index in [2.05, 4.69) is 10.3 Å². The number of hydrogen-bond donors (Lipinski definition) is 2. The van der Waals surface area contributed by atoms with Crippen LogP contribution in [-0.2, 0) is 12.8 Å². The maximum absolute atomic E-state index is 12.4. The van der Waals surface area contributed by atoms with Crippen molar-refractivity contribution in [2.75, 3.05) is 5.32 Å². The summed E-state index contributed by atoms with van der Waals surface area (Å²) in [5.41, 5.74) is 3.98. The second kappa shape index (κ2) is 5.37. The third-order valence-electron chi connectivity index (χ3n) is 4.63. The molecule has 1 aromatic carbocycles. The molecule has 24 heavy (non-hydrogen) atoms. The molecule has 0 aliphatic heterocycles. The molecule has 0 spiro atoms. The predicted molar refractivity (Wildman–Crippen MR) is 92.7 cm³/mol. The first-order valence-electron chi connectivity index (χ1n) is 8.09. The Hall–Kier alpha value is -2.82. The second-order valence-electron chi connectivity index (χ2n) is 6.31. The SMILES string of the molecule is Cc1cc(C(=O)Nc2ccc3c4c(c(=O)[nH]c3c2)CCC4)c(C)o1. The molecule has 4 rings (SSSR count). The van der Waals surface area contributed by atoms with Gasteiger partial charge in [0.1, 0.15) is 11.5 Å². The highest BCUT2D eigenvalue weighted by Gasteiger charge is 2.18. The van der Waals surface area contributed by atoms with Crippen LogP contribution in [-0.4, -0.2) is 10.9 Å². The number of rotatable bonds is 2. The van der Waals surface area contributed by atoms with E-state index in [1.165, 1.54) is 0 Å². The number of benzene rings is 1. The molecule has 0 saturated carbocycles. The van der Waals surface area contributed by atoms with Crippen LogP contribution in [0.2, 0.25) is 0 Å². The van der Waals surface area contributed by atoms with Gasteiger partial charge in [0.2, 0.25) is 0 Å². The van der Waals surface area contributed by atoms with Crippen LogP contribution in [0.15, 0.2) is 33.5 Å². The Morgan fingerprint density at radius 2 is 1.96 bits per heavy atom. The van der Waals surface area contributed by atoms with E-state index in [4.69, 9.17) is 4.42 Å². The fourth-order valence-electron chi connectivity index (χ4n) is 3.53. The van der Waals surface area contributed by atoms with Gasteiger partial charge in [-0.25, -0.2) is 0 Å². The number of aryl methyl sites for hydroxylation is 3. The van der Waals surface area contributed by atoms with Gasteiger partial charge in [-0.1, -0.05) is 6.07 Å². The van der Waals surface area contributed by atoms with Crippen LogP contribution < -0.4 is 10.9 Å². The van der Waals surface area contributed by atoms with Crippen LogP contribution in [0, 0.1) is 13.8 Å². The lowest BCUT2D eigenvalue weighted by Crippen LogP contribution is -2.14. The summed E-state index contributed by atoms with van der Waals surface area (Å²) in [5.74, 6) is 1.08. The molecule has 3 aromatic rings. The van der Waals surface area contributed by atoms with Gasteiger partial charge in [-0.15, -0.1) is 0 Å². The van der Waals surface area contributed by atoms with Crippen LogP contribution in [0.25, 0.3) is 10.9 Å². The van der Waals surface area contributed by atoms with Gasteiger partial charge in [-0.3, -0.25) is 9.59 Å². The maximum atomic E-state index is 12.4. The Morgan fingerprint density at radius 1 is 1.17 bits per heavy atom. The van der Waals surface area contributed by atoms with Crippen LogP contribution in [0.3, 0.4) is 0 Å². The lowest BCUT2D eigenvalue weighted by Gasteiger charge is -2.09. The number of carbonyl (C=O) groups is 1. The lowest BCUT2D eigenvalue weighted by atomic mass is 10.1. The predicted octanol–water partition coefficient (Wildman–Crippen LogP) is 3.48. The molecule has 0 atom stereocenters. The molecule has 2 N–H and O–H groups in total. The monoisotopic (exact) mass is 322 g/mol. The third kappa shape index (κ3) is 2.33. The molecule has 0 saturated heterocycles. The molecule has 1 aliphatic carbocycles. The van der Waals surface area contributed by atoms with Crippen LogP contribution in [0.4, 0.5) is 5.69 Å². The molecular formula is C19H18N2O3. The van der Waals surface area contributed by atoms with Crippen molar-refractivity contribution in [3.8, 4) is 0 Å². The highest BCUT2D eigenvalue weighted by atomic mass is 16.3. The average molecular weight is 322 g/mol. The van der Waals surface area contributed by atoms with Gasteiger partial charge in [-0.05, 0) is 56.9 Å². The Balaban J connectivity index is 1.71. The van der Waals surface area contributed by atoms with Gasteiger partial charge in [0.05, 0.1) is 11.1 Å². The summed E-state index contributed by atoms with van der Waals surface area (Å²) in [5, 5.41) is 3.94. The zero-order valence-corrected chi connectivity index (χ0v) is 13.7. The number of anilines is 1. The van der Waals surface area contributed by atoms with E-state index in [1.54, 1.807) is 13.0 Å². The summed E-state index contributed by atoms with van der Waals surface area (Å²) in [6, 6.07) is 7.38. The molecule has 0 bridgehead atoms. The van der Waals surface area contributed by atoms with Gasteiger partial charge >= 0.3 is 0 Å². The normalized spacial score (nSPS) is 13.2. The third-order valence-corrected chi connectivity index (χ3v) is 4.63. The van der Waals surface area contributed by atoms with E-state index in [0.717, 1.165) is 41.3 Å². The number of furan rings is 1. The molecule has 5 heteroatoms. The number of aromatic amines is 1. The topological polar surface area (TPSA) is 75.1 Å². The van der Waals surface area contributed by atoms with Crippen LogP contribution in [0.5, 0.6) is 0 Å². The first-order chi connectivity index (χ1) is 11.5. The molecule has 0 radical (unpaired) electrons. The Kier molecular flexibility index (Phi) is 3.30. The van der Waals surface area contributed by atoms with Gasteiger partial charge < -0.3 is 14.7 Å². The average Bonchev–Trinajstić information content (AvgIpc) is 3.14. The number of fused-ring (bicyclic) bond motifs is 3. The minimum Gasteiger partial charge on any atom is -0.466 e. The van der Waals surface area contributed by atoms with E-state index >= 15 is 0 Å². The molecule has 2 heterocycles. The fraction of sp³-hybridized carbons (Fsp3) is 0.263. The molecular weight excluding hydrogens is 304 g/mol. The zero-order chi connectivity index (χ0) is 16.8. The highest BCUT2D eigenvalue weighted by Crippen LogP contribution is 2.28. The van der Waals surface area contributed by atoms with Gasteiger partial charge in [0.25, 0.3) is 11.5 Å². The first kappa shape index (κ1) is 14.8. The molecule has 122 valence electrons. The summed E-state index contributed by atoms with van der Waals surface area (Å²) in [4.78, 5) is 27.5. The molecule has 0 fully saturated rings. The molecule has 5 nitrogen and oxygen atoms in total. The van der Waals surface area contributed by atoms with E-state index < -0.39 is 0 Å².